The smallest absolute Gasteiger partial charge is 0.408 e. The number of alkyl carbamates (subject to hydrolysis) is 1. The minimum absolute atomic E-state index is 0.0818. The van der Waals surface area contributed by atoms with Gasteiger partial charge in [0.1, 0.15) is 23.7 Å². The van der Waals surface area contributed by atoms with Gasteiger partial charge < -0.3 is 26.0 Å². The number of carbonyl (C=O) groups is 4. The number of rotatable bonds is 14. The van der Waals surface area contributed by atoms with Crippen molar-refractivity contribution in [3.8, 4) is 11.1 Å². The van der Waals surface area contributed by atoms with Crippen molar-refractivity contribution in [3.63, 3.8) is 0 Å². The molecule has 3 fully saturated rings. The zero-order valence-corrected chi connectivity index (χ0v) is 30.0. The fraction of sp³-hybridized carbons (Fsp3) is 0.514. The van der Waals surface area contributed by atoms with Crippen LogP contribution in [0.4, 0.5) is 10.5 Å². The number of hydrogen-bond donors (Lipinski definition) is 5. The van der Waals surface area contributed by atoms with Gasteiger partial charge >= 0.3 is 6.09 Å². The van der Waals surface area contributed by atoms with E-state index < -0.39 is 68.0 Å². The normalized spacial score (nSPS) is 21.6. The molecule has 4 atom stereocenters. The highest BCUT2D eigenvalue weighted by Gasteiger charge is 2.61. The van der Waals surface area contributed by atoms with Crippen LogP contribution >= 0.6 is 0 Å². The molecule has 50 heavy (non-hydrogen) atoms. The number of aryl methyl sites for hydroxylation is 1. The van der Waals surface area contributed by atoms with Gasteiger partial charge in [-0.2, -0.15) is 0 Å². The van der Waals surface area contributed by atoms with Crippen LogP contribution in [0, 0.1) is 18.3 Å². The van der Waals surface area contributed by atoms with Crippen molar-refractivity contribution in [1.29, 1.82) is 0 Å². The van der Waals surface area contributed by atoms with E-state index >= 15 is 0 Å². The minimum Gasteiger partial charge on any atom is -0.446 e. The highest BCUT2D eigenvalue weighted by Crippen LogP contribution is 2.45. The number of anilines is 1. The molecular formula is C37H49N5O7S. The van der Waals surface area contributed by atoms with Gasteiger partial charge in [-0.1, -0.05) is 63.2 Å². The molecular weight excluding hydrogens is 659 g/mol. The number of ether oxygens (including phenoxy) is 1. The maximum absolute atomic E-state index is 14.0. The molecule has 0 saturated heterocycles. The van der Waals surface area contributed by atoms with Crippen LogP contribution in [0.25, 0.3) is 11.1 Å². The van der Waals surface area contributed by atoms with E-state index in [1.807, 2.05) is 55.5 Å². The second kappa shape index (κ2) is 14.8. The molecule has 0 unspecified atom stereocenters. The lowest BCUT2D eigenvalue weighted by molar-refractivity contribution is -0.133. The topological polar surface area (TPSA) is 172 Å². The Morgan fingerprint density at radius 1 is 0.960 bits per heavy atom. The standard InChI is InChI=1S/C37H49N5O7S/c1-6-25-21-37(25,34(45)42-50(47,48)28-19-20-28)41-32(43)30(22-38-26-17-15-24(16-18-26)29-14-10-7-11-23(29)2)39-33(44)31(36(3,4)5)40-35(46)49-27-12-8-9-13-27/h6-7,10-11,14-18,25,27-28,30-31,38H,1,8-9,12-13,19-22H2,2-5H3,(H,39,44)(H,40,46)(H,41,43)(H,42,45)/t25-,30+,31-,37-/m1/s1. The van der Waals surface area contributed by atoms with Crippen molar-refractivity contribution in [2.75, 3.05) is 11.9 Å². The fourth-order valence-corrected chi connectivity index (χ4v) is 7.72. The molecule has 0 aromatic heterocycles. The van der Waals surface area contributed by atoms with Gasteiger partial charge in [-0.25, -0.2) is 13.2 Å². The van der Waals surface area contributed by atoms with Gasteiger partial charge in [-0.3, -0.25) is 19.1 Å². The van der Waals surface area contributed by atoms with Gasteiger partial charge in [-0.15, -0.1) is 6.58 Å². The zero-order chi connectivity index (χ0) is 36.3. The lowest BCUT2D eigenvalue weighted by Gasteiger charge is -2.32. The number of carbonyl (C=O) groups excluding carboxylic acids is 4. The number of amides is 4. The summed E-state index contributed by atoms with van der Waals surface area (Å²) >= 11 is 0. The highest BCUT2D eigenvalue weighted by atomic mass is 32.2. The summed E-state index contributed by atoms with van der Waals surface area (Å²) in [5, 5.41) is 10.8. The van der Waals surface area contributed by atoms with Crippen LogP contribution in [0.5, 0.6) is 0 Å². The number of hydrogen-bond acceptors (Lipinski definition) is 8. The molecule has 0 heterocycles. The summed E-state index contributed by atoms with van der Waals surface area (Å²) in [5.41, 5.74) is 1.61. The van der Waals surface area contributed by atoms with E-state index in [1.54, 1.807) is 20.8 Å². The third-order valence-corrected chi connectivity index (χ3v) is 11.5. The summed E-state index contributed by atoms with van der Waals surface area (Å²) in [7, 11) is -3.88. The third kappa shape index (κ3) is 8.85. The molecule has 3 aliphatic rings. The molecule has 270 valence electrons. The number of benzene rings is 2. The maximum atomic E-state index is 14.0. The maximum Gasteiger partial charge on any atom is 0.408 e. The van der Waals surface area contributed by atoms with Crippen LogP contribution in [0.1, 0.15) is 71.3 Å². The second-order valence-electron chi connectivity index (χ2n) is 14.8. The van der Waals surface area contributed by atoms with Crippen molar-refractivity contribution in [2.24, 2.45) is 11.3 Å². The van der Waals surface area contributed by atoms with Crippen LogP contribution in [0.15, 0.2) is 61.2 Å². The SMILES string of the molecule is C=C[C@@H]1C[C@]1(NC(=O)[C@H](CNc1ccc(-c2ccccc2C)cc1)NC(=O)[C@@H](NC(=O)OC1CCCC1)C(C)(C)C)C(=O)NS(=O)(=O)C1CC1. The van der Waals surface area contributed by atoms with Gasteiger partial charge in [0.15, 0.2) is 0 Å². The highest BCUT2D eigenvalue weighted by molar-refractivity contribution is 7.91. The lowest BCUT2D eigenvalue weighted by atomic mass is 9.86. The summed E-state index contributed by atoms with van der Waals surface area (Å²) in [6.45, 7) is 11.1. The Kier molecular flexibility index (Phi) is 10.9. The van der Waals surface area contributed by atoms with E-state index in [9.17, 15) is 27.6 Å². The Morgan fingerprint density at radius 3 is 2.20 bits per heavy atom. The molecule has 0 bridgehead atoms. The Balaban J connectivity index is 1.34. The number of nitrogens with one attached hydrogen (secondary N) is 5. The first-order chi connectivity index (χ1) is 23.6. The van der Waals surface area contributed by atoms with Crippen LogP contribution < -0.4 is 26.0 Å². The van der Waals surface area contributed by atoms with Crippen molar-refractivity contribution in [3.05, 3.63) is 66.7 Å². The van der Waals surface area contributed by atoms with Gasteiger partial charge in [0.2, 0.25) is 21.8 Å². The predicted octanol–water partition coefficient (Wildman–Crippen LogP) is 4.31. The first kappa shape index (κ1) is 36.9. The third-order valence-electron chi connectivity index (χ3n) is 9.70. The first-order valence-corrected chi connectivity index (χ1v) is 18.9. The molecule has 4 amide bonds. The van der Waals surface area contributed by atoms with E-state index in [2.05, 4.69) is 32.6 Å². The lowest BCUT2D eigenvalue weighted by Crippen LogP contribution is -2.62. The summed E-state index contributed by atoms with van der Waals surface area (Å²) in [4.78, 5) is 54.1. The first-order valence-electron chi connectivity index (χ1n) is 17.3. The number of sulfonamides is 1. The Labute approximate surface area is 294 Å². The fourth-order valence-electron chi connectivity index (χ4n) is 6.36. The molecule has 2 aromatic carbocycles. The molecule has 5 rings (SSSR count). The molecule has 0 aliphatic heterocycles. The van der Waals surface area contributed by atoms with Crippen molar-refractivity contribution < 1.29 is 32.3 Å². The Hall–Kier alpha value is -4.39. The molecule has 2 aromatic rings. The van der Waals surface area contributed by atoms with Crippen LogP contribution in [0.2, 0.25) is 0 Å². The van der Waals surface area contributed by atoms with Gasteiger partial charge in [0.25, 0.3) is 5.91 Å². The van der Waals surface area contributed by atoms with E-state index in [0.717, 1.165) is 42.4 Å². The predicted molar refractivity (Wildman–Crippen MR) is 191 cm³/mol. The molecule has 5 N–H and O–H groups in total. The van der Waals surface area contributed by atoms with Crippen molar-refractivity contribution >= 4 is 39.5 Å². The van der Waals surface area contributed by atoms with Crippen molar-refractivity contribution in [1.82, 2.24) is 20.7 Å². The van der Waals surface area contributed by atoms with Gasteiger partial charge in [0, 0.05) is 18.2 Å². The largest absolute Gasteiger partial charge is 0.446 e. The van der Waals surface area contributed by atoms with E-state index in [-0.39, 0.29) is 19.1 Å². The quantitative estimate of drug-likeness (QED) is 0.181. The molecule has 0 radical (unpaired) electrons. The molecule has 12 nitrogen and oxygen atoms in total. The summed E-state index contributed by atoms with van der Waals surface area (Å²) < 4.78 is 32.9. The Bertz CT molecular complexity index is 1710. The van der Waals surface area contributed by atoms with Crippen LogP contribution in [-0.2, 0) is 29.1 Å². The minimum atomic E-state index is -3.88. The van der Waals surface area contributed by atoms with Gasteiger partial charge in [-0.05, 0) is 86.1 Å². The van der Waals surface area contributed by atoms with E-state index in [0.29, 0.717) is 18.5 Å². The molecule has 3 saturated carbocycles. The monoisotopic (exact) mass is 707 g/mol. The average Bonchev–Trinajstić information content (AvgIpc) is 3.98. The zero-order valence-electron chi connectivity index (χ0n) is 29.2. The summed E-state index contributed by atoms with van der Waals surface area (Å²) in [5.74, 6) is -2.67. The van der Waals surface area contributed by atoms with Crippen molar-refractivity contribution in [2.45, 2.75) is 102 Å². The molecule has 0 spiro atoms. The van der Waals surface area contributed by atoms with Crippen LogP contribution in [-0.4, -0.2) is 67.8 Å². The Morgan fingerprint density at radius 2 is 1.62 bits per heavy atom. The van der Waals surface area contributed by atoms with Gasteiger partial charge in [0.05, 0.1) is 5.25 Å². The second-order valence-corrected chi connectivity index (χ2v) is 16.7. The summed E-state index contributed by atoms with van der Waals surface area (Å²) in [6.07, 6.45) is 5.15. The average molecular weight is 708 g/mol. The molecule has 13 heteroatoms. The van der Waals surface area contributed by atoms with E-state index in [1.165, 1.54) is 6.08 Å². The van der Waals surface area contributed by atoms with E-state index in [4.69, 9.17) is 4.74 Å². The summed E-state index contributed by atoms with van der Waals surface area (Å²) in [6, 6.07) is 13.4. The molecule has 3 aliphatic carbocycles. The van der Waals surface area contributed by atoms with Crippen LogP contribution in [0.3, 0.4) is 0 Å².